The lowest BCUT2D eigenvalue weighted by Crippen LogP contribution is -2.46. The van der Waals surface area contributed by atoms with Gasteiger partial charge in [-0.05, 0) is 94.5 Å². The van der Waals surface area contributed by atoms with Crippen LogP contribution < -0.4 is 5.32 Å². The first kappa shape index (κ1) is 35.0. The Kier molecular flexibility index (Phi) is 10.5. The number of hydrogen-bond donors (Lipinski definition) is 1. The molecule has 0 saturated carbocycles. The molecule has 0 aliphatic carbocycles. The molecule has 0 unspecified atom stereocenters. The number of carbonyl (C=O) groups excluding carboxylic acids is 2. The second-order valence-electron chi connectivity index (χ2n) is 14.0. The average molecular weight is 656 g/mol. The van der Waals surface area contributed by atoms with Crippen LogP contribution in [0.2, 0.25) is 0 Å². The molecule has 1 amide bonds. The van der Waals surface area contributed by atoms with Gasteiger partial charge in [0.15, 0.2) is 5.79 Å². The first-order valence-corrected chi connectivity index (χ1v) is 16.6. The molecule has 1 fully saturated rings. The summed E-state index contributed by atoms with van der Waals surface area (Å²) in [5.41, 5.74) is 4.71. The van der Waals surface area contributed by atoms with Gasteiger partial charge < -0.3 is 24.1 Å². The summed E-state index contributed by atoms with van der Waals surface area (Å²) in [5, 5.41) is 3.08. The summed E-state index contributed by atoms with van der Waals surface area (Å²) in [6.45, 7) is 13.9. The minimum Gasteiger partial charge on any atom is -0.460 e. The lowest BCUT2D eigenvalue weighted by atomic mass is 9.94. The van der Waals surface area contributed by atoms with E-state index < -0.39 is 11.4 Å². The lowest BCUT2D eigenvalue weighted by molar-refractivity contribution is -0.301. The van der Waals surface area contributed by atoms with Crippen LogP contribution in [0.5, 0.6) is 0 Å². The van der Waals surface area contributed by atoms with E-state index in [2.05, 4.69) is 28.7 Å². The predicted octanol–water partition coefficient (Wildman–Crippen LogP) is 8.76. The molecule has 0 radical (unpaired) electrons. The highest BCUT2D eigenvalue weighted by Crippen LogP contribution is 2.43. The van der Waals surface area contributed by atoms with Crippen LogP contribution in [0.3, 0.4) is 0 Å². The number of esters is 1. The van der Waals surface area contributed by atoms with E-state index in [1.165, 1.54) is 12.1 Å². The van der Waals surface area contributed by atoms with Crippen LogP contribution in [0, 0.1) is 5.82 Å². The Balaban J connectivity index is 1.59. The van der Waals surface area contributed by atoms with Crippen molar-refractivity contribution >= 4 is 17.6 Å². The number of hydrogen-bond acceptors (Lipinski definition) is 6. The fourth-order valence-electron chi connectivity index (χ4n) is 6.49. The first-order valence-electron chi connectivity index (χ1n) is 16.6. The standard InChI is InChI=1S/C39H46FN3O5/c1-25(2)35-34(37(45)42-29-17-20-41-21-18-29)33(26-11-9-8-10-12-26)36(27-13-15-28(40)16-14-27)43(35)22-19-30-23-31(47-39(6,7)46-30)24-32(44)48-38(3,4)5/h8-18,20-21,25,30-31H,19,22-24H2,1-7H3,(H,41,42,45)/t30-,31-/m1/s1. The third-order valence-corrected chi connectivity index (χ3v) is 8.11. The largest absolute Gasteiger partial charge is 0.460 e. The highest BCUT2D eigenvalue weighted by Gasteiger charge is 2.38. The van der Waals surface area contributed by atoms with Crippen LogP contribution in [0.4, 0.5) is 10.1 Å². The normalized spacial score (nSPS) is 17.7. The Labute approximate surface area is 282 Å². The monoisotopic (exact) mass is 655 g/mol. The van der Waals surface area contributed by atoms with Crippen molar-refractivity contribution in [1.29, 1.82) is 0 Å². The number of nitrogens with zero attached hydrogens (tertiary/aromatic N) is 2. The molecule has 8 nitrogen and oxygen atoms in total. The number of aromatic nitrogens is 2. The van der Waals surface area contributed by atoms with Crippen LogP contribution in [-0.2, 0) is 25.5 Å². The van der Waals surface area contributed by atoms with Gasteiger partial charge in [0, 0.05) is 42.3 Å². The van der Waals surface area contributed by atoms with E-state index in [1.807, 2.05) is 65.0 Å². The second kappa shape index (κ2) is 14.4. The Hall–Kier alpha value is -4.34. The first-order chi connectivity index (χ1) is 22.7. The van der Waals surface area contributed by atoms with E-state index in [-0.39, 0.29) is 42.2 Å². The molecule has 4 aromatic rings. The number of benzene rings is 2. The van der Waals surface area contributed by atoms with Crippen LogP contribution in [-0.4, -0.2) is 45.0 Å². The number of nitrogens with one attached hydrogen (secondary N) is 1. The van der Waals surface area contributed by atoms with Gasteiger partial charge in [0.1, 0.15) is 11.4 Å². The Morgan fingerprint density at radius 3 is 2.25 bits per heavy atom. The molecule has 9 heteroatoms. The molecule has 1 N–H and O–H groups in total. The van der Waals surface area contributed by atoms with E-state index >= 15 is 0 Å². The number of pyridine rings is 1. The topological polar surface area (TPSA) is 91.7 Å². The van der Waals surface area contributed by atoms with Crippen LogP contribution in [0.15, 0.2) is 79.1 Å². The molecule has 1 saturated heterocycles. The minimum absolute atomic E-state index is 0.0492. The fraction of sp³-hybridized carbons (Fsp3) is 0.410. The van der Waals surface area contributed by atoms with Crippen molar-refractivity contribution < 1.29 is 28.2 Å². The third kappa shape index (κ3) is 8.57. The fourth-order valence-corrected chi connectivity index (χ4v) is 6.49. The Morgan fingerprint density at radius 1 is 0.979 bits per heavy atom. The van der Waals surface area contributed by atoms with Gasteiger partial charge in [0.2, 0.25) is 0 Å². The highest BCUT2D eigenvalue weighted by molar-refractivity contribution is 6.12. The third-order valence-electron chi connectivity index (χ3n) is 8.11. The van der Waals surface area contributed by atoms with Crippen molar-refractivity contribution in [2.45, 2.75) is 104 Å². The number of carbonyl (C=O) groups is 2. The molecule has 1 aliphatic rings. The summed E-state index contributed by atoms with van der Waals surface area (Å²) < 4.78 is 34.6. The second-order valence-corrected chi connectivity index (χ2v) is 14.0. The summed E-state index contributed by atoms with van der Waals surface area (Å²) >= 11 is 0. The molecular formula is C39H46FN3O5. The zero-order chi connectivity index (χ0) is 34.6. The van der Waals surface area contributed by atoms with Gasteiger partial charge >= 0.3 is 5.97 Å². The molecule has 5 rings (SSSR count). The molecule has 0 spiro atoms. The van der Waals surface area contributed by atoms with Crippen LogP contribution in [0.25, 0.3) is 22.4 Å². The molecule has 1 aliphatic heterocycles. The quantitative estimate of drug-likeness (QED) is 0.172. The molecule has 2 atom stereocenters. The van der Waals surface area contributed by atoms with Crippen molar-refractivity contribution in [2.75, 3.05) is 5.32 Å². The number of anilines is 1. The summed E-state index contributed by atoms with van der Waals surface area (Å²) in [6, 6.07) is 19.7. The Bertz CT molecular complexity index is 1710. The summed E-state index contributed by atoms with van der Waals surface area (Å²) in [6.07, 6.45) is 3.88. The maximum Gasteiger partial charge on any atom is 0.308 e. The number of ether oxygens (including phenoxy) is 3. The maximum absolute atomic E-state index is 14.3. The number of halogens is 1. The summed E-state index contributed by atoms with van der Waals surface area (Å²) in [7, 11) is 0. The summed E-state index contributed by atoms with van der Waals surface area (Å²) in [4.78, 5) is 31.1. The highest BCUT2D eigenvalue weighted by atomic mass is 19.1. The van der Waals surface area contributed by atoms with Crippen molar-refractivity contribution in [3.05, 3.63) is 96.2 Å². The van der Waals surface area contributed by atoms with Gasteiger partial charge in [-0.1, -0.05) is 44.2 Å². The van der Waals surface area contributed by atoms with Crippen LogP contribution in [0.1, 0.15) is 89.7 Å². The van der Waals surface area contributed by atoms with E-state index in [0.717, 1.165) is 28.1 Å². The van der Waals surface area contributed by atoms with Crippen LogP contribution >= 0.6 is 0 Å². The zero-order valence-electron chi connectivity index (χ0n) is 28.9. The van der Waals surface area contributed by atoms with E-state index in [4.69, 9.17) is 14.2 Å². The van der Waals surface area contributed by atoms with Crippen molar-refractivity contribution in [3.8, 4) is 22.4 Å². The van der Waals surface area contributed by atoms with Crippen molar-refractivity contribution in [3.63, 3.8) is 0 Å². The van der Waals surface area contributed by atoms with Gasteiger partial charge in [0.25, 0.3) is 5.91 Å². The van der Waals surface area contributed by atoms with E-state index in [0.29, 0.717) is 30.6 Å². The van der Waals surface area contributed by atoms with Gasteiger partial charge in [-0.2, -0.15) is 0 Å². The van der Waals surface area contributed by atoms with E-state index in [1.54, 1.807) is 36.7 Å². The molecule has 0 bridgehead atoms. The smallest absolute Gasteiger partial charge is 0.308 e. The van der Waals surface area contributed by atoms with E-state index in [9.17, 15) is 14.0 Å². The van der Waals surface area contributed by atoms with Crippen molar-refractivity contribution in [2.24, 2.45) is 0 Å². The molecular weight excluding hydrogens is 609 g/mol. The Morgan fingerprint density at radius 2 is 1.62 bits per heavy atom. The van der Waals surface area contributed by atoms with Gasteiger partial charge in [-0.25, -0.2) is 4.39 Å². The maximum atomic E-state index is 14.3. The lowest BCUT2D eigenvalue weighted by Gasteiger charge is -2.41. The number of rotatable bonds is 10. The molecule has 48 heavy (non-hydrogen) atoms. The SMILES string of the molecule is CC(C)c1c(C(=O)Nc2ccncc2)c(-c2ccccc2)c(-c2ccc(F)cc2)n1CC[C@@H]1C[C@H](CC(=O)OC(C)(C)C)OC(C)(C)O1. The zero-order valence-corrected chi connectivity index (χ0v) is 28.9. The predicted molar refractivity (Wildman–Crippen MR) is 185 cm³/mol. The van der Waals surface area contributed by atoms with Gasteiger partial charge in [-0.3, -0.25) is 14.6 Å². The van der Waals surface area contributed by atoms with Crippen molar-refractivity contribution in [1.82, 2.24) is 9.55 Å². The molecule has 2 aromatic carbocycles. The van der Waals surface area contributed by atoms with Gasteiger partial charge in [-0.15, -0.1) is 0 Å². The minimum atomic E-state index is -0.905. The van der Waals surface area contributed by atoms with Gasteiger partial charge in [0.05, 0.1) is 29.9 Å². The molecule has 2 aromatic heterocycles. The number of amides is 1. The summed E-state index contributed by atoms with van der Waals surface area (Å²) in [5.74, 6) is -1.85. The molecule has 3 heterocycles. The molecule has 254 valence electrons. The average Bonchev–Trinajstić information content (AvgIpc) is 3.35.